The smallest absolute Gasteiger partial charge is 0.262 e. The summed E-state index contributed by atoms with van der Waals surface area (Å²) in [5, 5.41) is 6.77. The number of rotatable bonds is 6. The molecule has 134 valence electrons. The van der Waals surface area contributed by atoms with Crippen LogP contribution >= 0.6 is 0 Å². The zero-order valence-corrected chi connectivity index (χ0v) is 15.0. The van der Waals surface area contributed by atoms with Crippen LogP contribution in [-0.4, -0.2) is 32.3 Å². The second-order valence-corrected chi connectivity index (χ2v) is 6.26. The summed E-state index contributed by atoms with van der Waals surface area (Å²) < 4.78 is 7.23. The molecule has 1 aromatic carbocycles. The molecule has 3 aromatic rings. The summed E-state index contributed by atoms with van der Waals surface area (Å²) in [5.41, 5.74) is 2.77. The van der Waals surface area contributed by atoms with Gasteiger partial charge in [0.25, 0.3) is 5.91 Å². The molecular weight excluding hydrogens is 330 g/mol. The second-order valence-electron chi connectivity index (χ2n) is 6.26. The number of benzene rings is 1. The number of nitrogens with one attached hydrogen (secondary N) is 1. The minimum atomic E-state index is -0.241. The molecule has 26 heavy (non-hydrogen) atoms. The highest BCUT2D eigenvalue weighted by Gasteiger charge is 2.08. The van der Waals surface area contributed by atoms with Gasteiger partial charge in [-0.3, -0.25) is 4.79 Å². The van der Waals surface area contributed by atoms with Gasteiger partial charge in [0.2, 0.25) is 0 Å². The Bertz CT molecular complexity index is 873. The van der Waals surface area contributed by atoms with Crippen molar-refractivity contribution in [1.29, 1.82) is 0 Å². The molecule has 2 aromatic heterocycles. The van der Waals surface area contributed by atoms with Crippen molar-refractivity contribution in [3.63, 3.8) is 0 Å². The SMILES string of the molecule is Cc1ccc(C(C)C)cc1OCC(=O)Nc1ccc(-n2cncn2)nc1. The van der Waals surface area contributed by atoms with Gasteiger partial charge in [0.05, 0.1) is 11.9 Å². The van der Waals surface area contributed by atoms with Crippen LogP contribution in [0.2, 0.25) is 0 Å². The minimum Gasteiger partial charge on any atom is -0.483 e. The van der Waals surface area contributed by atoms with Crippen LogP contribution in [0.3, 0.4) is 0 Å². The predicted octanol–water partition coefficient (Wildman–Crippen LogP) is 3.11. The summed E-state index contributed by atoms with van der Waals surface area (Å²) in [6.07, 6.45) is 4.56. The highest BCUT2D eigenvalue weighted by atomic mass is 16.5. The maximum atomic E-state index is 12.1. The molecule has 2 heterocycles. The van der Waals surface area contributed by atoms with Crippen molar-refractivity contribution in [3.05, 3.63) is 60.3 Å². The normalized spacial score (nSPS) is 10.8. The Morgan fingerprint density at radius 1 is 1.27 bits per heavy atom. The summed E-state index contributed by atoms with van der Waals surface area (Å²) in [4.78, 5) is 20.3. The second kappa shape index (κ2) is 7.77. The third-order valence-electron chi connectivity index (χ3n) is 3.92. The number of pyridine rings is 1. The molecule has 1 N–H and O–H groups in total. The zero-order chi connectivity index (χ0) is 18.5. The summed E-state index contributed by atoms with van der Waals surface area (Å²) in [6, 6.07) is 9.58. The fourth-order valence-corrected chi connectivity index (χ4v) is 2.39. The van der Waals surface area contributed by atoms with Crippen molar-refractivity contribution in [3.8, 4) is 11.6 Å². The molecule has 0 bridgehead atoms. The molecule has 0 unspecified atom stereocenters. The molecule has 0 fully saturated rings. The molecule has 0 radical (unpaired) electrons. The zero-order valence-electron chi connectivity index (χ0n) is 15.0. The number of carbonyl (C=O) groups is 1. The third-order valence-corrected chi connectivity index (χ3v) is 3.92. The summed E-state index contributed by atoms with van der Waals surface area (Å²) in [5.74, 6) is 1.51. The van der Waals surface area contributed by atoms with Crippen LogP contribution in [0.5, 0.6) is 5.75 Å². The third kappa shape index (κ3) is 4.24. The number of amides is 1. The van der Waals surface area contributed by atoms with Gasteiger partial charge in [0.15, 0.2) is 12.4 Å². The summed E-state index contributed by atoms with van der Waals surface area (Å²) in [6.45, 7) is 6.14. The maximum absolute atomic E-state index is 12.1. The number of aryl methyl sites for hydroxylation is 1. The Morgan fingerprint density at radius 2 is 2.12 bits per heavy atom. The molecular formula is C19H21N5O2. The number of hydrogen-bond acceptors (Lipinski definition) is 5. The Morgan fingerprint density at radius 3 is 2.77 bits per heavy atom. The van der Waals surface area contributed by atoms with Crippen LogP contribution in [0.4, 0.5) is 5.69 Å². The molecule has 1 amide bonds. The lowest BCUT2D eigenvalue weighted by atomic mass is 10.0. The first-order valence-corrected chi connectivity index (χ1v) is 8.37. The Kier molecular flexibility index (Phi) is 5.26. The lowest BCUT2D eigenvalue weighted by molar-refractivity contribution is -0.118. The maximum Gasteiger partial charge on any atom is 0.262 e. The standard InChI is InChI=1S/C19H21N5O2/c1-13(2)15-5-4-14(3)17(8-15)26-10-19(25)23-16-6-7-18(21-9-16)24-12-20-11-22-24/h4-9,11-13H,10H2,1-3H3,(H,23,25). The molecule has 0 saturated heterocycles. The van der Waals surface area contributed by atoms with Gasteiger partial charge < -0.3 is 10.1 Å². The molecule has 7 nitrogen and oxygen atoms in total. The number of carbonyl (C=O) groups excluding carboxylic acids is 1. The Hall–Kier alpha value is -3.22. The number of nitrogens with zero attached hydrogens (tertiary/aromatic N) is 4. The van der Waals surface area contributed by atoms with E-state index >= 15 is 0 Å². The molecule has 7 heteroatoms. The molecule has 0 aliphatic carbocycles. The highest BCUT2D eigenvalue weighted by Crippen LogP contribution is 2.24. The van der Waals surface area contributed by atoms with Gasteiger partial charge in [-0.1, -0.05) is 26.0 Å². The predicted molar refractivity (Wildman–Crippen MR) is 98.5 cm³/mol. The quantitative estimate of drug-likeness (QED) is 0.738. The van der Waals surface area contributed by atoms with Gasteiger partial charge in [-0.05, 0) is 42.2 Å². The minimum absolute atomic E-state index is 0.0623. The van der Waals surface area contributed by atoms with E-state index in [1.54, 1.807) is 29.3 Å². The number of aromatic nitrogens is 4. The van der Waals surface area contributed by atoms with E-state index in [1.165, 1.54) is 11.9 Å². The van der Waals surface area contributed by atoms with Gasteiger partial charge in [0.1, 0.15) is 18.4 Å². The van der Waals surface area contributed by atoms with Crippen LogP contribution in [-0.2, 0) is 4.79 Å². The van der Waals surface area contributed by atoms with E-state index < -0.39 is 0 Å². The first-order valence-electron chi connectivity index (χ1n) is 8.37. The highest BCUT2D eigenvalue weighted by molar-refractivity contribution is 5.91. The van der Waals surface area contributed by atoms with Crippen molar-refractivity contribution in [2.75, 3.05) is 11.9 Å². The van der Waals surface area contributed by atoms with Crippen LogP contribution in [0.15, 0.2) is 49.2 Å². The van der Waals surface area contributed by atoms with E-state index in [0.29, 0.717) is 17.4 Å². The van der Waals surface area contributed by atoms with E-state index in [-0.39, 0.29) is 12.5 Å². The van der Waals surface area contributed by atoms with Crippen molar-refractivity contribution >= 4 is 11.6 Å². The van der Waals surface area contributed by atoms with Crippen LogP contribution in [0, 0.1) is 6.92 Å². The summed E-state index contributed by atoms with van der Waals surface area (Å²) in [7, 11) is 0. The van der Waals surface area contributed by atoms with Gasteiger partial charge in [-0.2, -0.15) is 5.10 Å². The molecule has 0 spiro atoms. The van der Waals surface area contributed by atoms with Crippen molar-refractivity contribution in [2.24, 2.45) is 0 Å². The van der Waals surface area contributed by atoms with E-state index in [4.69, 9.17) is 4.74 Å². The number of anilines is 1. The number of hydrogen-bond donors (Lipinski definition) is 1. The Balaban J connectivity index is 1.58. The van der Waals surface area contributed by atoms with Crippen LogP contribution in [0.25, 0.3) is 5.82 Å². The van der Waals surface area contributed by atoms with Crippen molar-refractivity contribution in [1.82, 2.24) is 19.7 Å². The molecule has 0 aliphatic rings. The fraction of sp³-hybridized carbons (Fsp3) is 0.263. The van der Waals surface area contributed by atoms with Crippen molar-refractivity contribution < 1.29 is 9.53 Å². The van der Waals surface area contributed by atoms with Crippen molar-refractivity contribution in [2.45, 2.75) is 26.7 Å². The first kappa shape index (κ1) is 17.6. The van der Waals surface area contributed by atoms with Crippen LogP contribution in [0.1, 0.15) is 30.9 Å². The first-order chi connectivity index (χ1) is 12.5. The molecule has 3 rings (SSSR count). The number of ether oxygens (including phenoxy) is 1. The Labute approximate surface area is 152 Å². The summed E-state index contributed by atoms with van der Waals surface area (Å²) >= 11 is 0. The lowest BCUT2D eigenvalue weighted by Gasteiger charge is -2.13. The van der Waals surface area contributed by atoms with Gasteiger partial charge >= 0.3 is 0 Å². The lowest BCUT2D eigenvalue weighted by Crippen LogP contribution is -2.20. The average molecular weight is 351 g/mol. The van der Waals surface area contributed by atoms with E-state index in [0.717, 1.165) is 11.3 Å². The van der Waals surface area contributed by atoms with E-state index in [9.17, 15) is 4.79 Å². The van der Waals surface area contributed by atoms with Gasteiger partial charge in [-0.15, -0.1) is 0 Å². The fourth-order valence-electron chi connectivity index (χ4n) is 2.39. The van der Waals surface area contributed by atoms with Gasteiger partial charge in [0, 0.05) is 0 Å². The largest absolute Gasteiger partial charge is 0.483 e. The van der Waals surface area contributed by atoms with Gasteiger partial charge in [-0.25, -0.2) is 14.6 Å². The molecule has 0 saturated carbocycles. The average Bonchev–Trinajstić information content (AvgIpc) is 3.16. The molecule has 0 atom stereocenters. The molecule has 0 aliphatic heterocycles. The van der Waals surface area contributed by atoms with E-state index in [1.807, 2.05) is 19.1 Å². The monoisotopic (exact) mass is 351 g/mol. The van der Waals surface area contributed by atoms with Crippen LogP contribution < -0.4 is 10.1 Å². The van der Waals surface area contributed by atoms with E-state index in [2.05, 4.69) is 40.3 Å². The topological polar surface area (TPSA) is 81.9 Å².